The second-order valence-corrected chi connectivity index (χ2v) is 4.49. The molecular weight excluding hydrogens is 244 g/mol. The fraction of sp³-hybridized carbons (Fsp3) is 0.429. The molecule has 0 bridgehead atoms. The monoisotopic (exact) mass is 264 g/mol. The van der Waals surface area contributed by atoms with Crippen LogP contribution in [0.4, 0.5) is 5.69 Å². The van der Waals surface area contributed by atoms with Gasteiger partial charge < -0.3 is 15.8 Å². The highest BCUT2D eigenvalue weighted by atomic mass is 16.5. The van der Waals surface area contributed by atoms with Crippen LogP contribution in [0, 0.1) is 6.92 Å². The lowest BCUT2D eigenvalue weighted by atomic mass is 10.1. The largest absolute Gasteiger partial charge is 0.452 e. The Hall–Kier alpha value is -2.04. The van der Waals surface area contributed by atoms with E-state index in [0.717, 1.165) is 12.0 Å². The summed E-state index contributed by atoms with van der Waals surface area (Å²) in [5.41, 5.74) is 7.13. The average molecular weight is 264 g/mol. The van der Waals surface area contributed by atoms with Gasteiger partial charge in [-0.3, -0.25) is 4.79 Å². The Bertz CT molecular complexity index is 452. The number of hydrogen-bond donors (Lipinski definition) is 2. The number of amides is 1. The van der Waals surface area contributed by atoms with Crippen LogP contribution in [0.5, 0.6) is 0 Å². The number of benzene rings is 1. The van der Waals surface area contributed by atoms with E-state index >= 15 is 0 Å². The van der Waals surface area contributed by atoms with E-state index in [1.54, 1.807) is 25.1 Å². The van der Waals surface area contributed by atoms with Crippen LogP contribution < -0.4 is 11.1 Å². The van der Waals surface area contributed by atoms with Gasteiger partial charge in [-0.25, -0.2) is 4.79 Å². The molecule has 0 fully saturated rings. The molecule has 1 rings (SSSR count). The van der Waals surface area contributed by atoms with E-state index in [4.69, 9.17) is 10.5 Å². The molecule has 19 heavy (non-hydrogen) atoms. The molecule has 0 aromatic heterocycles. The van der Waals surface area contributed by atoms with Gasteiger partial charge >= 0.3 is 5.97 Å². The number of carbonyl (C=O) groups is 2. The van der Waals surface area contributed by atoms with Crippen molar-refractivity contribution < 1.29 is 14.3 Å². The molecule has 1 aromatic carbocycles. The van der Waals surface area contributed by atoms with Crippen LogP contribution in [0.1, 0.15) is 36.2 Å². The Labute approximate surface area is 113 Å². The van der Waals surface area contributed by atoms with E-state index in [-0.39, 0.29) is 18.6 Å². The first kappa shape index (κ1) is 15.0. The zero-order valence-corrected chi connectivity index (χ0v) is 11.5. The molecule has 0 saturated heterocycles. The van der Waals surface area contributed by atoms with Crippen LogP contribution >= 0.6 is 0 Å². The molecule has 1 atom stereocenters. The van der Waals surface area contributed by atoms with Crippen LogP contribution in [0.2, 0.25) is 0 Å². The summed E-state index contributed by atoms with van der Waals surface area (Å²) < 4.78 is 4.97. The lowest BCUT2D eigenvalue weighted by molar-refractivity contribution is -0.124. The van der Waals surface area contributed by atoms with Crippen molar-refractivity contribution >= 4 is 17.6 Å². The SMILES string of the molecule is CCC(C)NC(=O)COC(=O)c1c(C)cccc1N. The molecule has 0 radical (unpaired) electrons. The van der Waals surface area contributed by atoms with E-state index in [9.17, 15) is 9.59 Å². The maximum Gasteiger partial charge on any atom is 0.341 e. The van der Waals surface area contributed by atoms with E-state index in [1.807, 2.05) is 13.8 Å². The fourth-order valence-electron chi connectivity index (χ4n) is 1.59. The summed E-state index contributed by atoms with van der Waals surface area (Å²) >= 11 is 0. The Morgan fingerprint density at radius 1 is 1.42 bits per heavy atom. The highest BCUT2D eigenvalue weighted by molar-refractivity contribution is 5.97. The molecule has 0 heterocycles. The first-order chi connectivity index (χ1) is 8.95. The van der Waals surface area contributed by atoms with Gasteiger partial charge in [0.05, 0.1) is 5.56 Å². The van der Waals surface area contributed by atoms with Crippen molar-refractivity contribution in [2.24, 2.45) is 0 Å². The summed E-state index contributed by atoms with van der Waals surface area (Å²) in [5, 5.41) is 2.72. The van der Waals surface area contributed by atoms with Crippen molar-refractivity contribution in [1.29, 1.82) is 0 Å². The number of anilines is 1. The number of rotatable bonds is 5. The third kappa shape index (κ3) is 4.28. The van der Waals surface area contributed by atoms with Gasteiger partial charge in [0.25, 0.3) is 5.91 Å². The van der Waals surface area contributed by atoms with Gasteiger partial charge in [-0.1, -0.05) is 19.1 Å². The summed E-state index contributed by atoms with van der Waals surface area (Å²) in [6, 6.07) is 5.22. The van der Waals surface area contributed by atoms with Gasteiger partial charge in [0, 0.05) is 11.7 Å². The Morgan fingerprint density at radius 3 is 2.68 bits per heavy atom. The molecule has 5 heteroatoms. The number of hydrogen-bond acceptors (Lipinski definition) is 4. The molecule has 0 aliphatic carbocycles. The Morgan fingerprint density at radius 2 is 2.11 bits per heavy atom. The smallest absolute Gasteiger partial charge is 0.341 e. The third-order valence-electron chi connectivity index (χ3n) is 2.86. The summed E-state index contributed by atoms with van der Waals surface area (Å²) in [5.74, 6) is -0.884. The number of aryl methyl sites for hydroxylation is 1. The number of nitrogens with one attached hydrogen (secondary N) is 1. The lowest BCUT2D eigenvalue weighted by Crippen LogP contribution is -2.35. The zero-order valence-electron chi connectivity index (χ0n) is 11.5. The summed E-state index contributed by atoms with van der Waals surface area (Å²) in [4.78, 5) is 23.4. The quantitative estimate of drug-likeness (QED) is 0.626. The topological polar surface area (TPSA) is 81.4 Å². The number of nitrogens with two attached hydrogens (primary N) is 1. The van der Waals surface area contributed by atoms with Crippen LogP contribution in [-0.4, -0.2) is 24.5 Å². The van der Waals surface area contributed by atoms with Gasteiger partial charge in [0.1, 0.15) is 0 Å². The molecule has 1 unspecified atom stereocenters. The number of carbonyl (C=O) groups excluding carboxylic acids is 2. The second kappa shape index (κ2) is 6.78. The molecule has 0 saturated carbocycles. The van der Waals surface area contributed by atoms with Crippen molar-refractivity contribution in [3.8, 4) is 0 Å². The van der Waals surface area contributed by atoms with Crippen LogP contribution in [-0.2, 0) is 9.53 Å². The predicted octanol–water partition coefficient (Wildman–Crippen LogP) is 1.65. The summed E-state index contributed by atoms with van der Waals surface area (Å²) in [6.07, 6.45) is 0.824. The second-order valence-electron chi connectivity index (χ2n) is 4.49. The first-order valence-electron chi connectivity index (χ1n) is 6.27. The maximum absolute atomic E-state index is 11.9. The fourth-order valence-corrected chi connectivity index (χ4v) is 1.59. The molecule has 3 N–H and O–H groups in total. The van der Waals surface area contributed by atoms with Gasteiger partial charge in [-0.15, -0.1) is 0 Å². The standard InChI is InChI=1S/C14H20N2O3/c1-4-10(3)16-12(17)8-19-14(18)13-9(2)6-5-7-11(13)15/h5-7,10H,4,8,15H2,1-3H3,(H,16,17). The van der Waals surface area contributed by atoms with Crippen molar-refractivity contribution in [1.82, 2.24) is 5.32 Å². The minimum absolute atomic E-state index is 0.0646. The third-order valence-corrected chi connectivity index (χ3v) is 2.86. The Balaban J connectivity index is 2.59. The van der Waals surface area contributed by atoms with E-state index in [2.05, 4.69) is 5.32 Å². The highest BCUT2D eigenvalue weighted by Crippen LogP contribution is 2.17. The van der Waals surface area contributed by atoms with Crippen LogP contribution in [0.25, 0.3) is 0 Å². The van der Waals surface area contributed by atoms with Crippen molar-refractivity contribution in [3.63, 3.8) is 0 Å². The lowest BCUT2D eigenvalue weighted by Gasteiger charge is -2.12. The summed E-state index contributed by atoms with van der Waals surface area (Å²) in [6.45, 7) is 5.33. The normalized spacial score (nSPS) is 11.7. The van der Waals surface area contributed by atoms with E-state index in [0.29, 0.717) is 11.3 Å². The molecule has 0 spiro atoms. The van der Waals surface area contributed by atoms with Crippen LogP contribution in [0.15, 0.2) is 18.2 Å². The summed E-state index contributed by atoms with van der Waals surface area (Å²) in [7, 11) is 0. The van der Waals surface area contributed by atoms with E-state index < -0.39 is 5.97 Å². The molecule has 1 aromatic rings. The number of nitrogen functional groups attached to an aromatic ring is 1. The average Bonchev–Trinajstić information content (AvgIpc) is 2.36. The number of esters is 1. The van der Waals surface area contributed by atoms with E-state index in [1.165, 1.54) is 0 Å². The maximum atomic E-state index is 11.9. The van der Waals surface area contributed by atoms with Crippen molar-refractivity contribution in [3.05, 3.63) is 29.3 Å². The first-order valence-corrected chi connectivity index (χ1v) is 6.27. The minimum Gasteiger partial charge on any atom is -0.452 e. The highest BCUT2D eigenvalue weighted by Gasteiger charge is 2.15. The van der Waals surface area contributed by atoms with Gasteiger partial charge in [0.2, 0.25) is 0 Å². The molecule has 0 aliphatic heterocycles. The molecule has 5 nitrogen and oxygen atoms in total. The van der Waals surface area contributed by atoms with Crippen molar-refractivity contribution in [2.45, 2.75) is 33.2 Å². The van der Waals surface area contributed by atoms with Crippen LogP contribution in [0.3, 0.4) is 0 Å². The molecular formula is C14H20N2O3. The van der Waals surface area contributed by atoms with Gasteiger partial charge in [0.15, 0.2) is 6.61 Å². The van der Waals surface area contributed by atoms with Crippen molar-refractivity contribution in [2.75, 3.05) is 12.3 Å². The van der Waals surface area contributed by atoms with Gasteiger partial charge in [-0.2, -0.15) is 0 Å². The predicted molar refractivity (Wildman–Crippen MR) is 73.8 cm³/mol. The Kier molecular flexibility index (Phi) is 5.36. The molecule has 0 aliphatic rings. The molecule has 104 valence electrons. The minimum atomic E-state index is -0.574. The van der Waals surface area contributed by atoms with Gasteiger partial charge in [-0.05, 0) is 31.9 Å². The number of ether oxygens (including phenoxy) is 1. The zero-order chi connectivity index (χ0) is 14.4. The molecule has 1 amide bonds.